The van der Waals surface area contributed by atoms with Gasteiger partial charge in [-0.15, -0.1) is 0 Å². The molecule has 0 saturated carbocycles. The van der Waals surface area contributed by atoms with Gasteiger partial charge in [-0.05, 0) is 53.9 Å². The monoisotopic (exact) mass is 299 g/mol. The average Bonchev–Trinajstić information content (AvgIpc) is 2.35. The Morgan fingerprint density at radius 1 is 1.53 bits per heavy atom. The van der Waals surface area contributed by atoms with Crippen molar-refractivity contribution in [1.82, 2.24) is 5.32 Å². The van der Waals surface area contributed by atoms with Crippen molar-refractivity contribution in [2.75, 3.05) is 20.2 Å². The fourth-order valence-electron chi connectivity index (χ4n) is 2.45. The highest BCUT2D eigenvalue weighted by atomic mass is 79.9. The number of piperidine rings is 1. The van der Waals surface area contributed by atoms with Crippen LogP contribution in [0.1, 0.15) is 29.9 Å². The zero-order valence-corrected chi connectivity index (χ0v) is 11.8. The van der Waals surface area contributed by atoms with Gasteiger partial charge in [0.05, 0.1) is 11.6 Å². The molecule has 2 rings (SSSR count). The minimum absolute atomic E-state index is 0.374. The van der Waals surface area contributed by atoms with Crippen LogP contribution in [0.4, 0.5) is 0 Å². The number of halogens is 1. The molecule has 0 aliphatic carbocycles. The lowest BCUT2D eigenvalue weighted by Gasteiger charge is -2.25. The molecule has 1 fully saturated rings. The van der Waals surface area contributed by atoms with Gasteiger partial charge < -0.3 is 15.2 Å². The number of hydrogen-bond acceptors (Lipinski definition) is 3. The lowest BCUT2D eigenvalue weighted by molar-refractivity contribution is 0.392. The van der Waals surface area contributed by atoms with E-state index in [1.807, 2.05) is 13.0 Å². The summed E-state index contributed by atoms with van der Waals surface area (Å²) in [5.41, 5.74) is 1.82. The number of methoxy groups -OCH3 is 1. The van der Waals surface area contributed by atoms with E-state index in [1.165, 1.54) is 0 Å². The summed E-state index contributed by atoms with van der Waals surface area (Å²) < 4.78 is 6.19. The molecule has 3 nitrogen and oxygen atoms in total. The molecule has 1 atom stereocenters. The molecular weight excluding hydrogens is 282 g/mol. The zero-order valence-electron chi connectivity index (χ0n) is 10.2. The Bertz CT molecular complexity index is 414. The summed E-state index contributed by atoms with van der Waals surface area (Å²) in [6.45, 7) is 3.90. The summed E-state index contributed by atoms with van der Waals surface area (Å²) in [7, 11) is 1.62. The fourth-order valence-corrected chi connectivity index (χ4v) is 3.16. The molecule has 0 bridgehead atoms. The lowest BCUT2D eigenvalue weighted by atomic mass is 9.89. The summed E-state index contributed by atoms with van der Waals surface area (Å²) in [4.78, 5) is 0. The first-order valence-electron chi connectivity index (χ1n) is 5.91. The smallest absolute Gasteiger partial charge is 0.139 e. The summed E-state index contributed by atoms with van der Waals surface area (Å²) in [6.07, 6.45) is 2.28. The largest absolute Gasteiger partial charge is 0.507 e. The van der Waals surface area contributed by atoms with Gasteiger partial charge in [0.2, 0.25) is 0 Å². The van der Waals surface area contributed by atoms with E-state index in [1.54, 1.807) is 7.11 Å². The molecule has 94 valence electrons. The molecule has 1 aliphatic rings. The van der Waals surface area contributed by atoms with Crippen LogP contribution >= 0.6 is 15.9 Å². The number of hydrogen-bond donors (Lipinski definition) is 2. The van der Waals surface area contributed by atoms with Crippen molar-refractivity contribution >= 4 is 15.9 Å². The van der Waals surface area contributed by atoms with Gasteiger partial charge >= 0.3 is 0 Å². The maximum atomic E-state index is 10.3. The number of aromatic hydroxyl groups is 1. The van der Waals surface area contributed by atoms with Crippen LogP contribution in [0.15, 0.2) is 10.5 Å². The summed E-state index contributed by atoms with van der Waals surface area (Å²) in [6, 6.07) is 1.98. The summed E-state index contributed by atoms with van der Waals surface area (Å²) in [5, 5.41) is 13.6. The molecule has 1 aromatic rings. The predicted octanol–water partition coefficient (Wildman–Crippen LogP) is 2.94. The van der Waals surface area contributed by atoms with Crippen LogP contribution in [0.2, 0.25) is 0 Å². The minimum Gasteiger partial charge on any atom is -0.507 e. The Morgan fingerprint density at radius 3 is 2.88 bits per heavy atom. The van der Waals surface area contributed by atoms with Crippen molar-refractivity contribution < 1.29 is 9.84 Å². The van der Waals surface area contributed by atoms with Gasteiger partial charge in [-0.3, -0.25) is 0 Å². The standard InChI is InChI=1S/C13H18BrNO2/c1-8-12(16)10(6-11(14)13(8)17-2)9-4-3-5-15-7-9/h6,9,15-16H,3-5,7H2,1-2H3. The Morgan fingerprint density at radius 2 is 2.29 bits per heavy atom. The van der Waals surface area contributed by atoms with Gasteiger partial charge in [0.1, 0.15) is 11.5 Å². The second kappa shape index (κ2) is 5.27. The van der Waals surface area contributed by atoms with Crippen LogP contribution in [0, 0.1) is 6.92 Å². The Kier molecular flexibility index (Phi) is 3.94. The highest BCUT2D eigenvalue weighted by Gasteiger charge is 2.22. The summed E-state index contributed by atoms with van der Waals surface area (Å²) >= 11 is 3.50. The number of ether oxygens (including phenoxy) is 1. The minimum atomic E-state index is 0.374. The molecule has 0 aromatic heterocycles. The van der Waals surface area contributed by atoms with E-state index >= 15 is 0 Å². The first-order valence-corrected chi connectivity index (χ1v) is 6.71. The van der Waals surface area contributed by atoms with Crippen LogP contribution in [0.25, 0.3) is 0 Å². The maximum Gasteiger partial charge on any atom is 0.139 e. The third kappa shape index (κ3) is 2.43. The second-order valence-electron chi connectivity index (χ2n) is 4.50. The highest BCUT2D eigenvalue weighted by Crippen LogP contribution is 2.41. The summed E-state index contributed by atoms with van der Waals surface area (Å²) in [5.74, 6) is 1.48. The van der Waals surface area contributed by atoms with Gasteiger partial charge in [0.15, 0.2) is 0 Å². The number of nitrogens with one attached hydrogen (secondary N) is 1. The molecule has 0 spiro atoms. The van der Waals surface area contributed by atoms with Gasteiger partial charge in [-0.1, -0.05) is 0 Å². The van der Waals surface area contributed by atoms with Gasteiger partial charge in [-0.2, -0.15) is 0 Å². The van der Waals surface area contributed by atoms with Gasteiger partial charge in [0.25, 0.3) is 0 Å². The Labute approximate surface area is 110 Å². The van der Waals surface area contributed by atoms with Crippen molar-refractivity contribution in [1.29, 1.82) is 0 Å². The van der Waals surface area contributed by atoms with Gasteiger partial charge in [0, 0.05) is 18.0 Å². The van der Waals surface area contributed by atoms with Crippen LogP contribution in [0.5, 0.6) is 11.5 Å². The molecule has 1 heterocycles. The van der Waals surface area contributed by atoms with Crippen molar-refractivity contribution in [3.05, 3.63) is 21.7 Å². The second-order valence-corrected chi connectivity index (χ2v) is 5.35. The van der Waals surface area contributed by atoms with Crippen molar-refractivity contribution in [2.45, 2.75) is 25.7 Å². The molecule has 1 aliphatic heterocycles. The van der Waals surface area contributed by atoms with E-state index in [2.05, 4.69) is 21.2 Å². The third-order valence-electron chi connectivity index (χ3n) is 3.41. The maximum absolute atomic E-state index is 10.3. The molecule has 0 amide bonds. The highest BCUT2D eigenvalue weighted by molar-refractivity contribution is 9.10. The third-order valence-corrected chi connectivity index (χ3v) is 4.00. The quantitative estimate of drug-likeness (QED) is 0.882. The van der Waals surface area contributed by atoms with E-state index < -0.39 is 0 Å². The first kappa shape index (κ1) is 12.7. The van der Waals surface area contributed by atoms with Crippen LogP contribution in [0.3, 0.4) is 0 Å². The van der Waals surface area contributed by atoms with E-state index in [0.717, 1.165) is 47.3 Å². The number of phenols is 1. The lowest BCUT2D eigenvalue weighted by Crippen LogP contribution is -2.28. The molecule has 2 N–H and O–H groups in total. The number of benzene rings is 1. The van der Waals surface area contributed by atoms with E-state index in [4.69, 9.17) is 4.74 Å². The molecule has 17 heavy (non-hydrogen) atoms. The molecule has 0 radical (unpaired) electrons. The predicted molar refractivity (Wildman–Crippen MR) is 71.9 cm³/mol. The van der Waals surface area contributed by atoms with Gasteiger partial charge in [-0.25, -0.2) is 0 Å². The average molecular weight is 300 g/mol. The number of rotatable bonds is 2. The molecule has 1 unspecified atom stereocenters. The first-order chi connectivity index (χ1) is 8.15. The zero-order chi connectivity index (χ0) is 12.4. The van der Waals surface area contributed by atoms with Crippen LogP contribution in [-0.2, 0) is 0 Å². The molecule has 4 heteroatoms. The normalized spacial score (nSPS) is 20.3. The van der Waals surface area contributed by atoms with Crippen molar-refractivity contribution in [3.8, 4) is 11.5 Å². The Balaban J connectivity index is 2.40. The Hall–Kier alpha value is -0.740. The molecule has 1 aromatic carbocycles. The van der Waals surface area contributed by atoms with E-state index in [-0.39, 0.29) is 0 Å². The number of phenolic OH excluding ortho intramolecular Hbond substituents is 1. The SMILES string of the molecule is COc1c(Br)cc(C2CCCNC2)c(O)c1C. The van der Waals surface area contributed by atoms with Crippen molar-refractivity contribution in [2.24, 2.45) is 0 Å². The van der Waals surface area contributed by atoms with Crippen LogP contribution < -0.4 is 10.1 Å². The van der Waals surface area contributed by atoms with Crippen molar-refractivity contribution in [3.63, 3.8) is 0 Å². The topological polar surface area (TPSA) is 41.5 Å². The molecular formula is C13H18BrNO2. The van der Waals surface area contributed by atoms with Crippen LogP contribution in [-0.4, -0.2) is 25.3 Å². The molecule has 1 saturated heterocycles. The fraction of sp³-hybridized carbons (Fsp3) is 0.538. The van der Waals surface area contributed by atoms with E-state index in [9.17, 15) is 5.11 Å². The van der Waals surface area contributed by atoms with E-state index in [0.29, 0.717) is 11.7 Å².